The highest BCUT2D eigenvalue weighted by atomic mass is 79.9. The highest BCUT2D eigenvalue weighted by molar-refractivity contribution is 9.10. The van der Waals surface area contributed by atoms with Gasteiger partial charge in [0.15, 0.2) is 0 Å². The van der Waals surface area contributed by atoms with E-state index in [1.165, 1.54) is 0 Å². The van der Waals surface area contributed by atoms with Gasteiger partial charge in [0.05, 0.1) is 0 Å². The second kappa shape index (κ2) is 3.40. The van der Waals surface area contributed by atoms with Crippen molar-refractivity contribution in [2.45, 2.75) is 13.7 Å². The van der Waals surface area contributed by atoms with E-state index in [1.54, 1.807) is 17.5 Å². The molecule has 2 heterocycles. The molecule has 2 aromatic rings. The van der Waals surface area contributed by atoms with Gasteiger partial charge in [-0.1, -0.05) is 0 Å². The number of pyridine rings is 1. The highest BCUT2D eigenvalue weighted by Gasteiger charge is 2.12. The number of hydrogen-bond acceptors (Lipinski definition) is 2. The summed E-state index contributed by atoms with van der Waals surface area (Å²) in [5, 5.41) is 10.5. The van der Waals surface area contributed by atoms with E-state index in [2.05, 4.69) is 20.9 Å². The van der Waals surface area contributed by atoms with Gasteiger partial charge in [-0.05, 0) is 47.5 Å². The highest BCUT2D eigenvalue weighted by Crippen LogP contribution is 2.26. The minimum absolute atomic E-state index is 0.547. The quantitative estimate of drug-likeness (QED) is 0.790. The summed E-state index contributed by atoms with van der Waals surface area (Å²) in [4.78, 5) is 4.30. The van der Waals surface area contributed by atoms with Gasteiger partial charge in [-0.3, -0.25) is 0 Å². The zero-order valence-corrected chi connectivity index (χ0v) is 9.62. The van der Waals surface area contributed by atoms with Crippen molar-refractivity contribution < 1.29 is 5.02 Å². The number of fused-ring (bicyclic) bond motifs is 1. The molecular weight excluding hydrogens is 243 g/mol. The lowest BCUT2D eigenvalue weighted by Crippen LogP contribution is -2.18. The van der Waals surface area contributed by atoms with Gasteiger partial charge >= 0.3 is 7.05 Å². The van der Waals surface area contributed by atoms with E-state index in [9.17, 15) is 5.02 Å². The molecule has 3 nitrogen and oxygen atoms in total. The number of halogens is 1. The Labute approximate surface area is 91.0 Å². The zero-order valence-electron chi connectivity index (χ0n) is 8.03. The molecule has 0 saturated heterocycles. The Morgan fingerprint density at radius 1 is 1.57 bits per heavy atom. The summed E-state index contributed by atoms with van der Waals surface area (Å²) in [7, 11) is -0.547. The lowest BCUT2D eigenvalue weighted by molar-refractivity contribution is 0.565. The van der Waals surface area contributed by atoms with Crippen LogP contribution in [0.15, 0.2) is 22.9 Å². The van der Waals surface area contributed by atoms with E-state index in [4.69, 9.17) is 0 Å². The summed E-state index contributed by atoms with van der Waals surface area (Å²) in [6.45, 7) is 3.71. The summed E-state index contributed by atoms with van der Waals surface area (Å²) >= 11 is 3.51. The molecule has 0 aliphatic carbocycles. The van der Waals surface area contributed by atoms with Crippen LogP contribution < -0.4 is 0 Å². The first kappa shape index (κ1) is 9.74. The van der Waals surface area contributed by atoms with Gasteiger partial charge in [0.25, 0.3) is 0 Å². The van der Waals surface area contributed by atoms with Crippen LogP contribution in [0.5, 0.6) is 0 Å². The molecule has 0 saturated carbocycles. The number of rotatable bonds is 1. The molecule has 0 radical (unpaired) electrons. The van der Waals surface area contributed by atoms with Crippen LogP contribution in [-0.2, 0) is 0 Å². The van der Waals surface area contributed by atoms with Crippen molar-refractivity contribution in [1.82, 2.24) is 9.46 Å². The van der Waals surface area contributed by atoms with Crippen molar-refractivity contribution in [2.75, 3.05) is 0 Å². The number of aryl methyl sites for hydroxylation is 1. The number of hydrogen-bond donors (Lipinski definition) is 1. The molecule has 0 amide bonds. The number of nitrogens with zero attached hydrogens (tertiary/aromatic N) is 2. The van der Waals surface area contributed by atoms with Gasteiger partial charge < -0.3 is 9.50 Å². The molecule has 0 fully saturated rings. The maximum atomic E-state index is 9.48. The lowest BCUT2D eigenvalue weighted by Gasteiger charge is -2.04. The fraction of sp³-hybridized carbons (Fsp3) is 0.222. The fourth-order valence-corrected chi connectivity index (χ4v) is 1.89. The molecule has 2 rings (SSSR count). The molecule has 2 aromatic heterocycles. The van der Waals surface area contributed by atoms with Crippen LogP contribution in [0.1, 0.15) is 5.56 Å². The standard InChI is InChI=1S/C9H10BBrN2O/c1-6-5-12-9-7(8(6)11)3-4-13(9)10(2)14/h3-5,14H,1-2H3. The average Bonchev–Trinajstić information content (AvgIpc) is 2.55. The van der Waals surface area contributed by atoms with Gasteiger partial charge in [-0.15, -0.1) is 0 Å². The fourth-order valence-electron chi connectivity index (χ4n) is 1.48. The maximum Gasteiger partial charge on any atom is 0.414 e. The van der Waals surface area contributed by atoms with Crippen LogP contribution in [0.25, 0.3) is 11.0 Å². The van der Waals surface area contributed by atoms with E-state index in [0.717, 1.165) is 21.1 Å². The molecule has 1 N–H and O–H groups in total. The molecule has 0 bridgehead atoms. The van der Waals surface area contributed by atoms with Crippen molar-refractivity contribution in [3.63, 3.8) is 0 Å². The van der Waals surface area contributed by atoms with Gasteiger partial charge in [0.2, 0.25) is 0 Å². The minimum Gasteiger partial charge on any atom is -0.432 e. The SMILES string of the molecule is CB(O)n1ccc2c(Br)c(C)cnc21. The van der Waals surface area contributed by atoms with Crippen LogP contribution in [0.4, 0.5) is 0 Å². The molecule has 0 aliphatic rings. The van der Waals surface area contributed by atoms with Crippen molar-refractivity contribution in [2.24, 2.45) is 0 Å². The molecule has 14 heavy (non-hydrogen) atoms. The first-order chi connectivity index (χ1) is 6.61. The molecule has 0 aromatic carbocycles. The van der Waals surface area contributed by atoms with Crippen molar-refractivity contribution in [3.8, 4) is 0 Å². The van der Waals surface area contributed by atoms with E-state index < -0.39 is 7.05 Å². The van der Waals surface area contributed by atoms with Gasteiger partial charge in [0, 0.05) is 16.1 Å². The molecule has 72 valence electrons. The third-order valence-electron chi connectivity index (χ3n) is 2.25. The predicted octanol–water partition coefficient (Wildman–Crippen LogP) is 2.07. The predicted molar refractivity (Wildman–Crippen MR) is 61.4 cm³/mol. The number of aromatic nitrogens is 2. The summed E-state index contributed by atoms with van der Waals surface area (Å²) in [5.74, 6) is 0. The van der Waals surface area contributed by atoms with Crippen LogP contribution in [0, 0.1) is 6.92 Å². The van der Waals surface area contributed by atoms with Crippen LogP contribution >= 0.6 is 15.9 Å². The molecule has 0 unspecified atom stereocenters. The third kappa shape index (κ3) is 1.37. The summed E-state index contributed by atoms with van der Waals surface area (Å²) in [5.41, 5.74) is 1.90. The van der Waals surface area contributed by atoms with Crippen molar-refractivity contribution in [3.05, 3.63) is 28.5 Å². The van der Waals surface area contributed by atoms with E-state index >= 15 is 0 Å². The van der Waals surface area contributed by atoms with Gasteiger partial charge in [-0.2, -0.15) is 0 Å². The first-order valence-electron chi connectivity index (χ1n) is 4.41. The van der Waals surface area contributed by atoms with Crippen molar-refractivity contribution in [1.29, 1.82) is 0 Å². The minimum atomic E-state index is -0.547. The summed E-state index contributed by atoms with van der Waals surface area (Å²) < 4.78 is 2.78. The van der Waals surface area contributed by atoms with E-state index in [1.807, 2.05) is 19.2 Å². The topological polar surface area (TPSA) is 38.0 Å². The second-order valence-electron chi connectivity index (χ2n) is 3.35. The van der Waals surface area contributed by atoms with E-state index in [0.29, 0.717) is 0 Å². The third-order valence-corrected chi connectivity index (χ3v) is 3.31. The summed E-state index contributed by atoms with van der Waals surface area (Å²) in [6.07, 6.45) is 3.64. The normalized spacial score (nSPS) is 10.9. The van der Waals surface area contributed by atoms with Crippen LogP contribution in [0.2, 0.25) is 6.82 Å². The smallest absolute Gasteiger partial charge is 0.414 e. The van der Waals surface area contributed by atoms with Crippen LogP contribution in [0.3, 0.4) is 0 Å². The average molecular weight is 253 g/mol. The Balaban J connectivity index is 2.77. The van der Waals surface area contributed by atoms with E-state index in [-0.39, 0.29) is 0 Å². The Morgan fingerprint density at radius 2 is 2.29 bits per heavy atom. The molecular formula is C9H10BBrN2O. The zero-order chi connectivity index (χ0) is 10.3. The lowest BCUT2D eigenvalue weighted by atomic mass is 9.88. The molecule has 0 spiro atoms. The first-order valence-corrected chi connectivity index (χ1v) is 5.20. The Bertz CT molecular complexity index is 481. The summed E-state index contributed by atoms with van der Waals surface area (Å²) in [6, 6.07) is 1.95. The monoisotopic (exact) mass is 252 g/mol. The Hall–Kier alpha value is -0.805. The van der Waals surface area contributed by atoms with Gasteiger partial charge in [-0.25, -0.2) is 4.98 Å². The second-order valence-corrected chi connectivity index (χ2v) is 4.14. The maximum absolute atomic E-state index is 9.48. The van der Waals surface area contributed by atoms with Crippen LogP contribution in [-0.4, -0.2) is 21.5 Å². The Kier molecular flexibility index (Phi) is 2.37. The molecule has 0 aliphatic heterocycles. The molecule has 0 atom stereocenters. The largest absolute Gasteiger partial charge is 0.432 e. The molecule has 5 heteroatoms. The van der Waals surface area contributed by atoms with Crippen molar-refractivity contribution >= 4 is 34.0 Å². The van der Waals surface area contributed by atoms with Gasteiger partial charge in [0.1, 0.15) is 5.65 Å². The Morgan fingerprint density at radius 3 is 2.93 bits per heavy atom.